The molecule has 1 aliphatic rings. The van der Waals surface area contributed by atoms with E-state index in [1.54, 1.807) is 6.92 Å². The molecule has 0 saturated heterocycles. The second-order valence-electron chi connectivity index (χ2n) is 6.35. The number of ether oxygens (including phenoxy) is 1. The topological polar surface area (TPSA) is 70.3 Å². The van der Waals surface area contributed by atoms with Crippen LogP contribution in [0.15, 0.2) is 9.59 Å². The summed E-state index contributed by atoms with van der Waals surface area (Å²) in [5.41, 5.74) is -0.943. The lowest BCUT2D eigenvalue weighted by Gasteiger charge is -2.35. The van der Waals surface area contributed by atoms with Gasteiger partial charge in [0.15, 0.2) is 6.29 Å². The highest BCUT2D eigenvalue weighted by molar-refractivity contribution is 7.20. The first-order valence-corrected chi connectivity index (χ1v) is 8.82. The average Bonchev–Trinajstić information content (AvgIpc) is 2.85. The van der Waals surface area contributed by atoms with Gasteiger partial charge < -0.3 is 4.74 Å². The summed E-state index contributed by atoms with van der Waals surface area (Å²) in [4.78, 5) is 37.2. The lowest BCUT2D eigenvalue weighted by molar-refractivity contribution is -0.136. The molecule has 0 aliphatic heterocycles. The molecule has 10 heteroatoms. The van der Waals surface area contributed by atoms with Gasteiger partial charge in [-0.15, -0.1) is 11.3 Å². The van der Waals surface area contributed by atoms with Gasteiger partial charge in [-0.1, -0.05) is 0 Å². The van der Waals surface area contributed by atoms with Crippen LogP contribution in [0.4, 0.5) is 13.2 Å². The van der Waals surface area contributed by atoms with Gasteiger partial charge in [0.2, 0.25) is 0 Å². The first kappa shape index (κ1) is 18.8. The van der Waals surface area contributed by atoms with E-state index in [-0.39, 0.29) is 21.2 Å². The molecule has 2 aromatic heterocycles. The van der Waals surface area contributed by atoms with Crippen molar-refractivity contribution in [1.29, 1.82) is 0 Å². The zero-order valence-electron chi connectivity index (χ0n) is 14.1. The molecule has 26 heavy (non-hydrogen) atoms. The van der Waals surface area contributed by atoms with E-state index < -0.39 is 36.4 Å². The molecule has 0 spiro atoms. The Kier molecular flexibility index (Phi) is 4.82. The Balaban J connectivity index is 2.21. The van der Waals surface area contributed by atoms with Crippen LogP contribution in [-0.4, -0.2) is 34.8 Å². The predicted octanol–water partition coefficient (Wildman–Crippen LogP) is 2.65. The number of alkyl halides is 3. The molecule has 1 fully saturated rings. The maximum absolute atomic E-state index is 12.9. The van der Waals surface area contributed by atoms with Crippen molar-refractivity contribution in [2.75, 3.05) is 7.11 Å². The van der Waals surface area contributed by atoms with Crippen LogP contribution in [0.2, 0.25) is 0 Å². The summed E-state index contributed by atoms with van der Waals surface area (Å²) in [6, 6.07) is -0.416. The van der Waals surface area contributed by atoms with Gasteiger partial charge in [-0.3, -0.25) is 18.7 Å². The lowest BCUT2D eigenvalue weighted by atomic mass is 9.89. The molecule has 3 rings (SSSR count). The van der Waals surface area contributed by atoms with Gasteiger partial charge >= 0.3 is 11.9 Å². The monoisotopic (exact) mass is 390 g/mol. The van der Waals surface area contributed by atoms with E-state index in [1.807, 2.05) is 0 Å². The molecule has 1 aliphatic carbocycles. The van der Waals surface area contributed by atoms with E-state index in [0.717, 1.165) is 20.5 Å². The maximum atomic E-state index is 12.9. The van der Waals surface area contributed by atoms with Crippen molar-refractivity contribution in [3.63, 3.8) is 0 Å². The van der Waals surface area contributed by atoms with Gasteiger partial charge in [-0.25, -0.2) is 4.79 Å². The molecular formula is C16H17F3N2O4S. The molecule has 0 bridgehead atoms. The minimum absolute atomic E-state index is 0.0836. The highest BCUT2D eigenvalue weighted by Crippen LogP contribution is 2.34. The van der Waals surface area contributed by atoms with Crippen molar-refractivity contribution in [3.05, 3.63) is 31.3 Å². The maximum Gasteiger partial charge on any atom is 0.390 e. The molecule has 0 N–H and O–H groups in total. The molecule has 2 aromatic rings. The van der Waals surface area contributed by atoms with E-state index in [0.29, 0.717) is 24.7 Å². The molecule has 0 aromatic carbocycles. The van der Waals surface area contributed by atoms with Gasteiger partial charge in [0.05, 0.1) is 22.8 Å². The summed E-state index contributed by atoms with van der Waals surface area (Å²) in [5.74, 6) is 0. The molecule has 2 heterocycles. The van der Waals surface area contributed by atoms with Crippen LogP contribution in [-0.2, 0) is 11.3 Å². The number of thiophene rings is 1. The smallest absolute Gasteiger partial charge is 0.381 e. The van der Waals surface area contributed by atoms with E-state index in [1.165, 1.54) is 7.11 Å². The van der Waals surface area contributed by atoms with E-state index in [2.05, 4.69) is 0 Å². The standard InChI is InChI=1S/C16H17F3N2O4S/c1-8-11(7-22)26-14-12(8)13(23)21(9-5-10(6-9)25-2)15(24)20(14)4-3-16(17,18)19/h7,9-10H,3-6H2,1-2H3/t9-,10+. The van der Waals surface area contributed by atoms with Crippen molar-refractivity contribution in [2.45, 2.75) is 51.1 Å². The zero-order valence-corrected chi connectivity index (χ0v) is 14.9. The largest absolute Gasteiger partial charge is 0.390 e. The SMILES string of the molecule is CO[C@H]1C[C@@H](n2c(=O)c3c(C)c(C=O)sc3n(CCC(F)(F)F)c2=O)C1. The Bertz CT molecular complexity index is 967. The predicted molar refractivity (Wildman–Crippen MR) is 90.2 cm³/mol. The number of halogens is 3. The number of aryl methyl sites for hydroxylation is 2. The number of rotatable bonds is 5. The van der Waals surface area contributed by atoms with Crippen LogP contribution in [0.1, 0.15) is 40.5 Å². The number of methoxy groups -OCH3 is 1. The van der Waals surface area contributed by atoms with Crippen LogP contribution in [0.3, 0.4) is 0 Å². The van der Waals surface area contributed by atoms with E-state index in [4.69, 9.17) is 4.74 Å². The Hall–Kier alpha value is -1.94. The van der Waals surface area contributed by atoms with Crippen molar-refractivity contribution < 1.29 is 22.7 Å². The van der Waals surface area contributed by atoms with Crippen LogP contribution < -0.4 is 11.2 Å². The third kappa shape index (κ3) is 3.11. The van der Waals surface area contributed by atoms with Crippen molar-refractivity contribution >= 4 is 27.8 Å². The highest BCUT2D eigenvalue weighted by Gasteiger charge is 2.35. The van der Waals surface area contributed by atoms with Crippen molar-refractivity contribution in [3.8, 4) is 0 Å². The Labute approximate surface area is 149 Å². The van der Waals surface area contributed by atoms with Crippen LogP contribution >= 0.6 is 11.3 Å². The molecule has 0 unspecified atom stereocenters. The van der Waals surface area contributed by atoms with Crippen molar-refractivity contribution in [2.24, 2.45) is 0 Å². The van der Waals surface area contributed by atoms with Gasteiger partial charge in [-0.05, 0) is 25.3 Å². The summed E-state index contributed by atoms with van der Waals surface area (Å²) < 4.78 is 45.2. The minimum atomic E-state index is -4.44. The van der Waals surface area contributed by atoms with Crippen molar-refractivity contribution in [1.82, 2.24) is 9.13 Å². The minimum Gasteiger partial charge on any atom is -0.381 e. The first-order chi connectivity index (χ1) is 12.2. The Morgan fingerprint density at radius 2 is 1.96 bits per heavy atom. The first-order valence-electron chi connectivity index (χ1n) is 8.01. The Morgan fingerprint density at radius 3 is 2.50 bits per heavy atom. The molecule has 0 atom stereocenters. The summed E-state index contributed by atoms with van der Waals surface area (Å²) in [5, 5.41) is 0.139. The molecule has 1 saturated carbocycles. The average molecular weight is 390 g/mol. The highest BCUT2D eigenvalue weighted by atomic mass is 32.1. The number of hydrogen-bond donors (Lipinski definition) is 0. The molecule has 6 nitrogen and oxygen atoms in total. The number of aldehydes is 1. The van der Waals surface area contributed by atoms with Crippen LogP contribution in [0, 0.1) is 6.92 Å². The van der Waals surface area contributed by atoms with Gasteiger partial charge in [0, 0.05) is 19.7 Å². The summed E-state index contributed by atoms with van der Waals surface area (Å²) in [7, 11) is 1.52. The quantitative estimate of drug-likeness (QED) is 0.736. The third-order valence-electron chi connectivity index (χ3n) is 4.77. The number of hydrogen-bond acceptors (Lipinski definition) is 5. The van der Waals surface area contributed by atoms with Gasteiger partial charge in [0.1, 0.15) is 4.83 Å². The number of carbonyl (C=O) groups is 1. The summed E-state index contributed by atoms with van der Waals surface area (Å²) >= 11 is 0.870. The summed E-state index contributed by atoms with van der Waals surface area (Å²) in [6.07, 6.45) is -4.28. The lowest BCUT2D eigenvalue weighted by Crippen LogP contribution is -2.47. The fourth-order valence-electron chi connectivity index (χ4n) is 3.19. The number of aromatic nitrogens is 2. The Morgan fingerprint density at radius 1 is 1.31 bits per heavy atom. The number of nitrogens with zero attached hydrogens (tertiary/aromatic N) is 2. The fraction of sp³-hybridized carbons (Fsp3) is 0.562. The van der Waals surface area contributed by atoms with E-state index in [9.17, 15) is 27.6 Å². The van der Waals surface area contributed by atoms with Crippen LogP contribution in [0.5, 0.6) is 0 Å². The molecular weight excluding hydrogens is 373 g/mol. The second kappa shape index (κ2) is 6.66. The van der Waals surface area contributed by atoms with E-state index >= 15 is 0 Å². The normalized spacial score (nSPS) is 20.3. The second-order valence-corrected chi connectivity index (χ2v) is 7.38. The molecule has 142 valence electrons. The van der Waals surface area contributed by atoms with Gasteiger partial charge in [0.25, 0.3) is 5.56 Å². The fourth-order valence-corrected chi connectivity index (χ4v) is 4.33. The molecule has 0 radical (unpaired) electrons. The van der Waals surface area contributed by atoms with Gasteiger partial charge in [-0.2, -0.15) is 13.2 Å². The van der Waals surface area contributed by atoms with Crippen LogP contribution in [0.25, 0.3) is 10.2 Å². The number of carbonyl (C=O) groups excluding carboxylic acids is 1. The summed E-state index contributed by atoms with van der Waals surface area (Å²) in [6.45, 7) is 0.962. The number of fused-ring (bicyclic) bond motifs is 1. The zero-order chi connectivity index (χ0) is 19.2. The molecule has 0 amide bonds. The third-order valence-corrected chi connectivity index (χ3v) is 6.01.